The topological polar surface area (TPSA) is 38.3 Å². The van der Waals surface area contributed by atoms with Crippen LogP contribution in [0, 0.1) is 0 Å². The van der Waals surface area contributed by atoms with Crippen molar-refractivity contribution in [2.75, 3.05) is 13.7 Å². The van der Waals surface area contributed by atoms with E-state index in [4.69, 9.17) is 0 Å². The second kappa shape index (κ2) is 3.35. The Morgan fingerprint density at radius 3 is 2.75 bits per heavy atom. The lowest BCUT2D eigenvalue weighted by atomic mass is 10.1. The number of esters is 1. The summed E-state index contributed by atoms with van der Waals surface area (Å²) in [6, 6.07) is -1.05. The molecule has 0 radical (unpaired) electrons. The maximum Gasteiger partial charge on any atom is 0.378 e. The van der Waals surface area contributed by atoms with Crippen LogP contribution in [0.1, 0.15) is 12.8 Å². The number of nitrogens with one attached hydrogen (secondary N) is 1. The summed E-state index contributed by atoms with van der Waals surface area (Å²) in [5, 5.41) is 2.56. The Labute approximate surface area is 69.1 Å². The molecule has 0 saturated carbocycles. The number of rotatable bonds is 2. The van der Waals surface area contributed by atoms with Crippen molar-refractivity contribution >= 4 is 5.97 Å². The molecule has 1 aliphatic rings. The molecule has 0 aromatic rings. The Bertz CT molecular complexity index is 178. The van der Waals surface area contributed by atoms with Gasteiger partial charge in [-0.25, -0.2) is 4.79 Å². The highest BCUT2D eigenvalue weighted by atomic mass is 19.3. The Morgan fingerprint density at radius 1 is 1.67 bits per heavy atom. The average Bonchev–Trinajstić information content (AvgIpc) is 2.55. The summed E-state index contributed by atoms with van der Waals surface area (Å²) in [5.41, 5.74) is 0. The van der Waals surface area contributed by atoms with Crippen LogP contribution in [0.15, 0.2) is 0 Å². The molecule has 3 nitrogen and oxygen atoms in total. The number of methoxy groups -OCH3 is 1. The lowest BCUT2D eigenvalue weighted by Crippen LogP contribution is -2.47. The predicted molar refractivity (Wildman–Crippen MR) is 38.0 cm³/mol. The van der Waals surface area contributed by atoms with Crippen LogP contribution in [-0.2, 0) is 9.53 Å². The van der Waals surface area contributed by atoms with Crippen LogP contribution in [0.2, 0.25) is 0 Å². The summed E-state index contributed by atoms with van der Waals surface area (Å²) in [6.45, 7) is 0.539. The smallest absolute Gasteiger partial charge is 0.378 e. The largest absolute Gasteiger partial charge is 0.465 e. The molecule has 0 spiro atoms. The first-order chi connectivity index (χ1) is 5.59. The number of ether oxygens (including phenoxy) is 1. The van der Waals surface area contributed by atoms with Crippen molar-refractivity contribution in [1.29, 1.82) is 0 Å². The third kappa shape index (κ3) is 1.55. The minimum atomic E-state index is -3.38. The van der Waals surface area contributed by atoms with E-state index < -0.39 is 17.9 Å². The van der Waals surface area contributed by atoms with E-state index in [0.29, 0.717) is 19.4 Å². The molecule has 1 N–H and O–H groups in total. The second-order valence-electron chi connectivity index (χ2n) is 2.76. The van der Waals surface area contributed by atoms with E-state index in [1.54, 1.807) is 0 Å². The van der Waals surface area contributed by atoms with E-state index in [1.807, 2.05) is 0 Å². The van der Waals surface area contributed by atoms with Crippen LogP contribution in [0.5, 0.6) is 0 Å². The van der Waals surface area contributed by atoms with E-state index in [9.17, 15) is 13.6 Å². The van der Waals surface area contributed by atoms with E-state index in [2.05, 4.69) is 10.1 Å². The van der Waals surface area contributed by atoms with Crippen molar-refractivity contribution in [3.63, 3.8) is 0 Å². The molecule has 0 amide bonds. The van der Waals surface area contributed by atoms with Crippen LogP contribution >= 0.6 is 0 Å². The van der Waals surface area contributed by atoms with Crippen LogP contribution in [0.4, 0.5) is 8.78 Å². The Kier molecular flexibility index (Phi) is 2.62. The van der Waals surface area contributed by atoms with Gasteiger partial charge in [-0.2, -0.15) is 8.78 Å². The number of alkyl halides is 2. The molecule has 1 unspecified atom stereocenters. The molecule has 1 heterocycles. The minimum Gasteiger partial charge on any atom is -0.465 e. The molecule has 0 aromatic carbocycles. The third-order valence-corrected chi connectivity index (χ3v) is 1.96. The molecule has 1 saturated heterocycles. The molecule has 0 aliphatic carbocycles. The van der Waals surface area contributed by atoms with Crippen LogP contribution < -0.4 is 5.32 Å². The summed E-state index contributed by atoms with van der Waals surface area (Å²) >= 11 is 0. The number of hydrogen-bond donors (Lipinski definition) is 1. The maximum atomic E-state index is 13.0. The third-order valence-electron chi connectivity index (χ3n) is 1.96. The molecule has 0 aromatic heterocycles. The highest BCUT2D eigenvalue weighted by molar-refractivity contribution is 5.78. The molecule has 1 atom stereocenters. The van der Waals surface area contributed by atoms with Crippen LogP contribution in [0.3, 0.4) is 0 Å². The summed E-state index contributed by atoms with van der Waals surface area (Å²) in [7, 11) is 0.963. The quantitative estimate of drug-likeness (QED) is 0.629. The monoisotopic (exact) mass is 179 g/mol. The van der Waals surface area contributed by atoms with E-state index in [0.717, 1.165) is 7.11 Å². The molecule has 0 bridgehead atoms. The first-order valence-electron chi connectivity index (χ1n) is 3.78. The van der Waals surface area contributed by atoms with Crippen molar-refractivity contribution in [2.24, 2.45) is 0 Å². The second-order valence-corrected chi connectivity index (χ2v) is 2.76. The van der Waals surface area contributed by atoms with Crippen molar-refractivity contribution in [3.05, 3.63) is 0 Å². The number of carbonyl (C=O) groups excluding carboxylic acids is 1. The molecule has 70 valence electrons. The zero-order valence-corrected chi connectivity index (χ0v) is 6.77. The molecule has 1 rings (SSSR count). The lowest BCUT2D eigenvalue weighted by Gasteiger charge is -2.20. The van der Waals surface area contributed by atoms with Crippen molar-refractivity contribution in [1.82, 2.24) is 5.32 Å². The molecule has 12 heavy (non-hydrogen) atoms. The van der Waals surface area contributed by atoms with Gasteiger partial charge in [-0.15, -0.1) is 0 Å². The number of carbonyl (C=O) groups is 1. The van der Waals surface area contributed by atoms with E-state index in [1.165, 1.54) is 0 Å². The Hall–Kier alpha value is -0.710. The Balaban J connectivity index is 2.62. The fraction of sp³-hybridized carbons (Fsp3) is 0.857. The fourth-order valence-corrected chi connectivity index (χ4v) is 1.27. The van der Waals surface area contributed by atoms with E-state index >= 15 is 0 Å². The fourth-order valence-electron chi connectivity index (χ4n) is 1.27. The molecule has 5 heteroatoms. The van der Waals surface area contributed by atoms with Crippen molar-refractivity contribution in [2.45, 2.75) is 24.8 Å². The zero-order chi connectivity index (χ0) is 9.19. The summed E-state index contributed by atoms with van der Waals surface area (Å²) in [4.78, 5) is 10.6. The standard InChI is InChI=1S/C7H11F2NO2/c1-12-6(11)7(8,9)5-3-2-4-10-5/h5,10H,2-4H2,1H3. The molecule has 1 aliphatic heterocycles. The zero-order valence-electron chi connectivity index (χ0n) is 6.77. The van der Waals surface area contributed by atoms with Gasteiger partial charge < -0.3 is 10.1 Å². The van der Waals surface area contributed by atoms with Gasteiger partial charge in [0.25, 0.3) is 0 Å². The van der Waals surface area contributed by atoms with Gasteiger partial charge in [-0.3, -0.25) is 0 Å². The molecule has 1 fully saturated rings. The number of halogens is 2. The SMILES string of the molecule is COC(=O)C(F)(F)C1CCCN1. The maximum absolute atomic E-state index is 13.0. The van der Waals surface area contributed by atoms with Gasteiger partial charge in [0.1, 0.15) is 0 Å². The van der Waals surface area contributed by atoms with Gasteiger partial charge in [0.2, 0.25) is 0 Å². The number of hydrogen-bond acceptors (Lipinski definition) is 3. The first-order valence-corrected chi connectivity index (χ1v) is 3.78. The van der Waals surface area contributed by atoms with Gasteiger partial charge >= 0.3 is 11.9 Å². The average molecular weight is 179 g/mol. The van der Waals surface area contributed by atoms with Crippen LogP contribution in [0.25, 0.3) is 0 Å². The normalized spacial score (nSPS) is 24.1. The first kappa shape index (κ1) is 9.38. The highest BCUT2D eigenvalue weighted by Crippen LogP contribution is 2.26. The van der Waals surface area contributed by atoms with Crippen molar-refractivity contribution < 1.29 is 18.3 Å². The van der Waals surface area contributed by atoms with Gasteiger partial charge in [-0.05, 0) is 19.4 Å². The highest BCUT2D eigenvalue weighted by Gasteiger charge is 2.49. The Morgan fingerprint density at radius 2 is 2.33 bits per heavy atom. The van der Waals surface area contributed by atoms with Crippen molar-refractivity contribution in [3.8, 4) is 0 Å². The van der Waals surface area contributed by atoms with Gasteiger partial charge in [0.15, 0.2) is 0 Å². The van der Waals surface area contributed by atoms with Crippen LogP contribution in [-0.4, -0.2) is 31.6 Å². The predicted octanol–water partition coefficient (Wildman–Crippen LogP) is 0.547. The van der Waals surface area contributed by atoms with Gasteiger partial charge in [0.05, 0.1) is 13.2 Å². The summed E-state index contributed by atoms with van der Waals surface area (Å²) < 4.78 is 30.0. The summed E-state index contributed by atoms with van der Waals surface area (Å²) in [5.74, 6) is -4.84. The van der Waals surface area contributed by atoms with Gasteiger partial charge in [-0.1, -0.05) is 0 Å². The molecular formula is C7H11F2NO2. The lowest BCUT2D eigenvalue weighted by molar-refractivity contribution is -0.172. The minimum absolute atomic E-state index is 0.322. The van der Waals surface area contributed by atoms with E-state index in [-0.39, 0.29) is 0 Å². The molecular weight excluding hydrogens is 168 g/mol. The van der Waals surface area contributed by atoms with Gasteiger partial charge in [0, 0.05) is 0 Å². The summed E-state index contributed by atoms with van der Waals surface area (Å²) in [6.07, 6.45) is 0.999.